The zero-order valence-corrected chi connectivity index (χ0v) is 12.7. The highest BCUT2D eigenvalue weighted by atomic mass is 35.5. The van der Waals surface area contributed by atoms with E-state index in [1.807, 2.05) is 16.8 Å². The van der Waals surface area contributed by atoms with Crippen LogP contribution in [-0.4, -0.2) is 9.78 Å². The highest BCUT2D eigenvalue weighted by molar-refractivity contribution is 6.30. The van der Waals surface area contributed by atoms with Crippen LogP contribution in [0.15, 0.2) is 24.3 Å². The van der Waals surface area contributed by atoms with Crippen LogP contribution in [0.4, 0.5) is 0 Å². The van der Waals surface area contributed by atoms with Gasteiger partial charge >= 0.3 is 0 Å². The van der Waals surface area contributed by atoms with Gasteiger partial charge < -0.3 is 10.5 Å². The first-order chi connectivity index (χ1) is 9.67. The molecule has 0 saturated heterocycles. The average molecular weight is 294 g/mol. The first kappa shape index (κ1) is 14.9. The van der Waals surface area contributed by atoms with Crippen molar-refractivity contribution in [1.82, 2.24) is 9.78 Å². The average Bonchev–Trinajstić information content (AvgIpc) is 2.87. The Labute approximate surface area is 124 Å². The molecule has 108 valence electrons. The van der Waals surface area contributed by atoms with Gasteiger partial charge in [0.2, 0.25) is 0 Å². The number of rotatable bonds is 6. The van der Waals surface area contributed by atoms with Crippen LogP contribution in [0.1, 0.15) is 30.8 Å². The summed E-state index contributed by atoms with van der Waals surface area (Å²) in [5.41, 5.74) is 8.80. The molecule has 0 bridgehead atoms. The molecule has 2 N–H and O–H groups in total. The number of aryl methyl sites for hydroxylation is 2. The largest absolute Gasteiger partial charge is 0.487 e. The van der Waals surface area contributed by atoms with E-state index in [2.05, 4.69) is 25.0 Å². The number of nitrogens with two attached hydrogens (primary N) is 1. The van der Waals surface area contributed by atoms with Gasteiger partial charge in [0.05, 0.1) is 11.4 Å². The van der Waals surface area contributed by atoms with Crippen molar-refractivity contribution in [2.45, 2.75) is 40.0 Å². The van der Waals surface area contributed by atoms with Gasteiger partial charge in [0.25, 0.3) is 0 Å². The molecule has 1 aromatic heterocycles. The molecule has 0 radical (unpaired) electrons. The molecule has 0 unspecified atom stereocenters. The number of ether oxygens (including phenoxy) is 1. The molecule has 0 saturated carbocycles. The molecule has 0 spiro atoms. The Morgan fingerprint density at radius 1 is 1.30 bits per heavy atom. The van der Waals surface area contributed by atoms with E-state index in [4.69, 9.17) is 22.1 Å². The fraction of sp³-hybridized carbons (Fsp3) is 0.400. The minimum Gasteiger partial charge on any atom is -0.487 e. The number of benzene rings is 1. The summed E-state index contributed by atoms with van der Waals surface area (Å²) in [6, 6.07) is 7.60. The lowest BCUT2D eigenvalue weighted by Gasteiger charge is -2.11. The van der Waals surface area contributed by atoms with Crippen LogP contribution in [0.3, 0.4) is 0 Å². The number of nitrogens with zero attached hydrogens (tertiary/aromatic N) is 2. The molecular weight excluding hydrogens is 274 g/mol. The third kappa shape index (κ3) is 3.32. The molecule has 0 aliphatic heterocycles. The second-order valence-electron chi connectivity index (χ2n) is 4.54. The van der Waals surface area contributed by atoms with Crippen LogP contribution in [0.25, 0.3) is 0 Å². The van der Waals surface area contributed by atoms with Crippen molar-refractivity contribution in [1.29, 1.82) is 0 Å². The Hall–Kier alpha value is -1.52. The fourth-order valence-corrected chi connectivity index (χ4v) is 2.22. The van der Waals surface area contributed by atoms with Gasteiger partial charge in [0.1, 0.15) is 12.4 Å². The van der Waals surface area contributed by atoms with Gasteiger partial charge in [-0.25, -0.2) is 0 Å². The Morgan fingerprint density at radius 2 is 2.10 bits per heavy atom. The normalized spacial score (nSPS) is 10.8. The Bertz CT molecular complexity index is 580. The zero-order chi connectivity index (χ0) is 14.5. The van der Waals surface area contributed by atoms with Gasteiger partial charge in [-0.05, 0) is 31.5 Å². The van der Waals surface area contributed by atoms with E-state index in [0.29, 0.717) is 18.2 Å². The van der Waals surface area contributed by atoms with Crippen molar-refractivity contribution < 1.29 is 4.74 Å². The van der Waals surface area contributed by atoms with E-state index in [1.165, 1.54) is 0 Å². The molecule has 20 heavy (non-hydrogen) atoms. The maximum atomic E-state index is 6.00. The highest BCUT2D eigenvalue weighted by Crippen LogP contribution is 2.24. The summed E-state index contributed by atoms with van der Waals surface area (Å²) in [6.07, 6.45) is 0.922. The minimum absolute atomic E-state index is 0.430. The van der Waals surface area contributed by atoms with Gasteiger partial charge in [-0.3, -0.25) is 4.68 Å². The summed E-state index contributed by atoms with van der Waals surface area (Å²) < 4.78 is 7.83. The van der Waals surface area contributed by atoms with E-state index >= 15 is 0 Å². The topological polar surface area (TPSA) is 53.1 Å². The third-order valence-corrected chi connectivity index (χ3v) is 3.44. The van der Waals surface area contributed by atoms with E-state index < -0.39 is 0 Å². The molecular formula is C15H20ClN3O. The third-order valence-electron chi connectivity index (χ3n) is 3.20. The molecule has 2 aromatic rings. The lowest BCUT2D eigenvalue weighted by Crippen LogP contribution is -2.08. The van der Waals surface area contributed by atoms with Gasteiger partial charge in [-0.1, -0.05) is 24.6 Å². The van der Waals surface area contributed by atoms with Crippen molar-refractivity contribution in [3.8, 4) is 5.75 Å². The second kappa shape index (κ2) is 6.77. The van der Waals surface area contributed by atoms with E-state index in [0.717, 1.165) is 35.7 Å². The van der Waals surface area contributed by atoms with Crippen molar-refractivity contribution in [2.24, 2.45) is 5.73 Å². The molecule has 4 nitrogen and oxygen atoms in total. The van der Waals surface area contributed by atoms with E-state index in [1.54, 1.807) is 6.07 Å². The Morgan fingerprint density at radius 3 is 2.75 bits per heavy atom. The molecule has 0 fully saturated rings. The van der Waals surface area contributed by atoms with E-state index in [-0.39, 0.29) is 0 Å². The Kier molecular flexibility index (Phi) is 5.04. The fourth-order valence-electron chi connectivity index (χ4n) is 2.06. The van der Waals surface area contributed by atoms with Gasteiger partial charge in [0, 0.05) is 23.7 Å². The molecule has 0 aliphatic rings. The minimum atomic E-state index is 0.430. The molecule has 1 aromatic carbocycles. The maximum Gasteiger partial charge on any atom is 0.130 e. The maximum absolute atomic E-state index is 6.00. The predicted octanol–water partition coefficient (Wildman–Crippen LogP) is 3.16. The van der Waals surface area contributed by atoms with Gasteiger partial charge in [0.15, 0.2) is 0 Å². The second-order valence-corrected chi connectivity index (χ2v) is 4.98. The quantitative estimate of drug-likeness (QED) is 0.890. The summed E-state index contributed by atoms with van der Waals surface area (Å²) >= 11 is 6.00. The van der Waals surface area contributed by atoms with Crippen LogP contribution < -0.4 is 10.5 Å². The SMILES string of the molecule is CCc1cc(COc2cc(Cl)ccc2CN)n(CC)n1. The van der Waals surface area contributed by atoms with Gasteiger partial charge in [-0.2, -0.15) is 5.10 Å². The highest BCUT2D eigenvalue weighted by Gasteiger charge is 2.08. The summed E-state index contributed by atoms with van der Waals surface area (Å²) in [5.74, 6) is 0.738. The monoisotopic (exact) mass is 293 g/mol. The van der Waals surface area contributed by atoms with Crippen LogP contribution >= 0.6 is 11.6 Å². The van der Waals surface area contributed by atoms with E-state index in [9.17, 15) is 0 Å². The molecule has 2 rings (SSSR count). The first-order valence-corrected chi connectivity index (χ1v) is 7.22. The van der Waals surface area contributed by atoms with Crippen LogP contribution in [0.5, 0.6) is 5.75 Å². The standard InChI is InChI=1S/C15H20ClN3O/c1-3-13-8-14(19(4-2)18-13)10-20-15-7-12(16)6-5-11(15)9-17/h5-8H,3-4,9-10,17H2,1-2H3. The van der Waals surface area contributed by atoms with Gasteiger partial charge in [-0.15, -0.1) is 0 Å². The number of hydrogen-bond acceptors (Lipinski definition) is 3. The van der Waals surface area contributed by atoms with Crippen LogP contribution in [-0.2, 0) is 26.1 Å². The lowest BCUT2D eigenvalue weighted by molar-refractivity contribution is 0.289. The molecule has 0 amide bonds. The van der Waals surface area contributed by atoms with Crippen LogP contribution in [0.2, 0.25) is 5.02 Å². The number of aromatic nitrogens is 2. The number of hydrogen-bond donors (Lipinski definition) is 1. The Balaban J connectivity index is 2.16. The summed E-state index contributed by atoms with van der Waals surface area (Å²) in [6.45, 7) is 5.89. The molecule has 1 heterocycles. The number of halogens is 1. The summed E-state index contributed by atoms with van der Waals surface area (Å²) in [5, 5.41) is 5.15. The molecule has 0 atom stereocenters. The van der Waals surface area contributed by atoms with Crippen molar-refractivity contribution in [3.05, 3.63) is 46.2 Å². The first-order valence-electron chi connectivity index (χ1n) is 6.84. The van der Waals surface area contributed by atoms with Crippen molar-refractivity contribution in [2.75, 3.05) is 0 Å². The van der Waals surface area contributed by atoms with Crippen molar-refractivity contribution >= 4 is 11.6 Å². The predicted molar refractivity (Wildman–Crippen MR) is 81.0 cm³/mol. The van der Waals surface area contributed by atoms with Crippen LogP contribution in [0, 0.1) is 0 Å². The summed E-state index contributed by atoms with van der Waals surface area (Å²) in [7, 11) is 0. The van der Waals surface area contributed by atoms with Crippen molar-refractivity contribution in [3.63, 3.8) is 0 Å². The smallest absolute Gasteiger partial charge is 0.130 e. The molecule has 0 aliphatic carbocycles. The zero-order valence-electron chi connectivity index (χ0n) is 11.9. The lowest BCUT2D eigenvalue weighted by atomic mass is 10.2. The molecule has 5 heteroatoms. The summed E-state index contributed by atoms with van der Waals surface area (Å²) in [4.78, 5) is 0.